The molecule has 1 aliphatic heterocycles. The van der Waals surface area contributed by atoms with Crippen LogP contribution in [0.2, 0.25) is 0 Å². The third kappa shape index (κ3) is 4.41. The van der Waals surface area contributed by atoms with E-state index in [-0.39, 0.29) is 28.8 Å². The molecule has 3 aromatic rings. The van der Waals surface area contributed by atoms with Gasteiger partial charge in [0.05, 0.1) is 23.6 Å². The first-order chi connectivity index (χ1) is 16.9. The van der Waals surface area contributed by atoms with Gasteiger partial charge in [-0.3, -0.25) is 9.59 Å². The number of ketones is 1. The van der Waals surface area contributed by atoms with Crippen LogP contribution in [-0.4, -0.2) is 48.2 Å². The second-order valence-corrected chi connectivity index (χ2v) is 9.24. The topological polar surface area (TPSA) is 83.8 Å². The molecule has 1 aliphatic carbocycles. The van der Waals surface area contributed by atoms with Crippen LogP contribution < -0.4 is 20.4 Å². The number of carbonyl (C=O) groups excluding carboxylic acids is 1. The van der Waals surface area contributed by atoms with E-state index >= 15 is 4.39 Å². The molecule has 0 radical (unpaired) electrons. The highest BCUT2D eigenvalue weighted by Gasteiger charge is 2.31. The fraction of sp³-hybridized carbons (Fsp3) is 0.333. The van der Waals surface area contributed by atoms with Crippen LogP contribution in [0.5, 0.6) is 11.5 Å². The molecule has 2 aromatic carbocycles. The number of anilines is 1. The standard InChI is InChI=1S/C27H28FN3O4/c1-16-14-30(12-11-29-16)25-22(28)13-20-24(27(25)35-2)31(18-6-7-18)15-21(26(20)34)23(33)10-5-17-3-8-19(32)9-4-17/h3-5,8-10,13,15-16,18,29,32H,6-7,11-12,14H2,1-2H3/b10-5+. The summed E-state index contributed by atoms with van der Waals surface area (Å²) in [5.41, 5.74) is 1.07. The van der Waals surface area contributed by atoms with E-state index in [1.54, 1.807) is 24.4 Å². The molecule has 1 unspecified atom stereocenters. The molecule has 1 atom stereocenters. The van der Waals surface area contributed by atoms with E-state index in [9.17, 15) is 14.7 Å². The average Bonchev–Trinajstić information content (AvgIpc) is 3.68. The minimum absolute atomic E-state index is 0.00979. The molecule has 2 N–H and O–H groups in total. The van der Waals surface area contributed by atoms with Gasteiger partial charge in [0.15, 0.2) is 17.3 Å². The summed E-state index contributed by atoms with van der Waals surface area (Å²) < 4.78 is 23.2. The summed E-state index contributed by atoms with van der Waals surface area (Å²) in [7, 11) is 1.49. The van der Waals surface area contributed by atoms with Gasteiger partial charge < -0.3 is 24.6 Å². The molecule has 2 aliphatic rings. The fourth-order valence-corrected chi connectivity index (χ4v) is 4.73. The number of hydrogen-bond donors (Lipinski definition) is 2. The Morgan fingerprint density at radius 2 is 2.00 bits per heavy atom. The van der Waals surface area contributed by atoms with Crippen molar-refractivity contribution in [3.63, 3.8) is 0 Å². The van der Waals surface area contributed by atoms with E-state index in [0.29, 0.717) is 35.6 Å². The minimum atomic E-state index is -0.535. The van der Waals surface area contributed by atoms with Gasteiger partial charge in [0, 0.05) is 37.9 Å². The molecule has 8 heteroatoms. The van der Waals surface area contributed by atoms with Crippen LogP contribution in [0.1, 0.15) is 41.7 Å². The lowest BCUT2D eigenvalue weighted by molar-refractivity contribution is 0.104. The zero-order chi connectivity index (χ0) is 24.7. The number of ether oxygens (including phenoxy) is 1. The molecule has 1 aromatic heterocycles. The summed E-state index contributed by atoms with van der Waals surface area (Å²) in [4.78, 5) is 28.4. The number of piperazine rings is 1. The van der Waals surface area contributed by atoms with Crippen molar-refractivity contribution in [1.29, 1.82) is 0 Å². The van der Waals surface area contributed by atoms with Crippen molar-refractivity contribution >= 4 is 28.4 Å². The van der Waals surface area contributed by atoms with Crippen molar-refractivity contribution in [1.82, 2.24) is 9.88 Å². The Bertz CT molecular complexity index is 1380. The zero-order valence-corrected chi connectivity index (χ0v) is 19.8. The second-order valence-electron chi connectivity index (χ2n) is 9.24. The molecular formula is C27H28FN3O4. The maximum atomic E-state index is 15.5. The van der Waals surface area contributed by atoms with Gasteiger partial charge in [0.25, 0.3) is 0 Å². The molecule has 2 fully saturated rings. The molecule has 0 spiro atoms. The molecule has 2 heterocycles. The average molecular weight is 478 g/mol. The summed E-state index contributed by atoms with van der Waals surface area (Å²) in [5, 5.41) is 12.9. The number of allylic oxidation sites excluding steroid dienone is 1. The Balaban J connectivity index is 1.64. The van der Waals surface area contributed by atoms with Crippen LogP contribution >= 0.6 is 0 Å². The number of fused-ring (bicyclic) bond motifs is 1. The van der Waals surface area contributed by atoms with Crippen LogP contribution in [0.4, 0.5) is 10.1 Å². The minimum Gasteiger partial charge on any atom is -0.508 e. The van der Waals surface area contributed by atoms with Crippen molar-refractivity contribution in [2.75, 3.05) is 31.6 Å². The van der Waals surface area contributed by atoms with Gasteiger partial charge in [-0.1, -0.05) is 18.2 Å². The number of benzene rings is 2. The molecule has 1 saturated carbocycles. The van der Waals surface area contributed by atoms with E-state index in [1.165, 1.54) is 31.4 Å². The lowest BCUT2D eigenvalue weighted by Gasteiger charge is -2.35. The maximum Gasteiger partial charge on any atom is 0.200 e. The molecule has 1 saturated heterocycles. The summed E-state index contributed by atoms with van der Waals surface area (Å²) in [5.74, 6) is -0.538. The largest absolute Gasteiger partial charge is 0.508 e. The molecular weight excluding hydrogens is 449 g/mol. The number of halogens is 1. The van der Waals surface area contributed by atoms with Gasteiger partial charge in [0.2, 0.25) is 5.43 Å². The highest BCUT2D eigenvalue weighted by molar-refractivity contribution is 6.08. The molecule has 7 nitrogen and oxygen atoms in total. The Labute approximate surface area is 202 Å². The summed E-state index contributed by atoms with van der Waals surface area (Å²) >= 11 is 0. The Morgan fingerprint density at radius 3 is 2.66 bits per heavy atom. The van der Waals surface area contributed by atoms with E-state index in [2.05, 4.69) is 5.32 Å². The van der Waals surface area contributed by atoms with Gasteiger partial charge in [0.1, 0.15) is 11.4 Å². The van der Waals surface area contributed by atoms with Gasteiger partial charge in [-0.15, -0.1) is 0 Å². The normalized spacial score (nSPS) is 18.4. The number of nitrogens with zero attached hydrogens (tertiary/aromatic N) is 2. The summed E-state index contributed by atoms with van der Waals surface area (Å²) in [6.07, 6.45) is 6.33. The van der Waals surface area contributed by atoms with Gasteiger partial charge in [-0.2, -0.15) is 0 Å². The number of rotatable bonds is 6. The first kappa shape index (κ1) is 23.1. The zero-order valence-electron chi connectivity index (χ0n) is 19.8. The number of aromatic nitrogens is 1. The number of carbonyl (C=O) groups is 1. The van der Waals surface area contributed by atoms with Crippen LogP contribution in [0.15, 0.2) is 47.4 Å². The van der Waals surface area contributed by atoms with Crippen molar-refractivity contribution in [2.24, 2.45) is 0 Å². The quantitative estimate of drug-likeness (QED) is 0.414. The number of phenols is 1. The van der Waals surface area contributed by atoms with Crippen molar-refractivity contribution in [3.05, 3.63) is 69.8 Å². The predicted molar refractivity (Wildman–Crippen MR) is 134 cm³/mol. The number of nitrogens with one attached hydrogen (secondary N) is 1. The second kappa shape index (κ2) is 9.19. The van der Waals surface area contributed by atoms with Crippen LogP contribution in [-0.2, 0) is 0 Å². The summed E-state index contributed by atoms with van der Waals surface area (Å²) in [6, 6.07) is 7.94. The Kier molecular flexibility index (Phi) is 6.06. The predicted octanol–water partition coefficient (Wildman–Crippen LogP) is 3.88. The van der Waals surface area contributed by atoms with Crippen LogP contribution in [0, 0.1) is 5.82 Å². The molecule has 0 bridgehead atoms. The van der Waals surface area contributed by atoms with E-state index < -0.39 is 17.0 Å². The molecule has 5 rings (SSSR count). The third-order valence-electron chi connectivity index (χ3n) is 6.61. The number of methoxy groups -OCH3 is 1. The third-order valence-corrected chi connectivity index (χ3v) is 6.61. The highest BCUT2D eigenvalue weighted by Crippen LogP contribution is 2.43. The Morgan fingerprint density at radius 1 is 1.26 bits per heavy atom. The van der Waals surface area contributed by atoms with Gasteiger partial charge >= 0.3 is 0 Å². The molecule has 0 amide bonds. The number of aromatic hydroxyl groups is 1. The van der Waals surface area contributed by atoms with Crippen molar-refractivity contribution in [3.8, 4) is 11.5 Å². The first-order valence-electron chi connectivity index (χ1n) is 11.8. The van der Waals surface area contributed by atoms with Crippen LogP contribution in [0.3, 0.4) is 0 Å². The Hall–Kier alpha value is -3.65. The number of phenolic OH excluding ortho intramolecular Hbond substituents is 1. The highest BCUT2D eigenvalue weighted by atomic mass is 19.1. The molecule has 182 valence electrons. The van der Waals surface area contributed by atoms with E-state index in [1.807, 2.05) is 16.4 Å². The maximum absolute atomic E-state index is 15.5. The van der Waals surface area contributed by atoms with Gasteiger partial charge in [-0.25, -0.2) is 4.39 Å². The monoisotopic (exact) mass is 477 g/mol. The number of pyridine rings is 1. The fourth-order valence-electron chi connectivity index (χ4n) is 4.73. The van der Waals surface area contributed by atoms with E-state index in [0.717, 1.165) is 19.4 Å². The summed E-state index contributed by atoms with van der Waals surface area (Å²) in [6.45, 7) is 4.00. The van der Waals surface area contributed by atoms with Crippen molar-refractivity contribution in [2.45, 2.75) is 31.8 Å². The van der Waals surface area contributed by atoms with Crippen molar-refractivity contribution < 1.29 is 19.0 Å². The molecule has 35 heavy (non-hydrogen) atoms. The van der Waals surface area contributed by atoms with Gasteiger partial charge in [-0.05, 0) is 49.6 Å². The smallest absolute Gasteiger partial charge is 0.200 e. The number of hydrogen-bond acceptors (Lipinski definition) is 6. The SMILES string of the molecule is COc1c(N2CCNC(C)C2)c(F)cc2c(=O)c(C(=O)/C=C/c3ccc(O)cc3)cn(C3CC3)c12. The lowest BCUT2D eigenvalue weighted by Crippen LogP contribution is -2.49. The van der Waals surface area contributed by atoms with Crippen LogP contribution in [0.25, 0.3) is 17.0 Å². The first-order valence-corrected chi connectivity index (χ1v) is 11.8. The van der Waals surface area contributed by atoms with E-state index in [4.69, 9.17) is 4.74 Å². The lowest BCUT2D eigenvalue weighted by atomic mass is 10.0.